The van der Waals surface area contributed by atoms with Gasteiger partial charge in [0.15, 0.2) is 0 Å². The van der Waals surface area contributed by atoms with Gasteiger partial charge in [0.25, 0.3) is 0 Å². The summed E-state index contributed by atoms with van der Waals surface area (Å²) in [7, 11) is 0. The van der Waals surface area contributed by atoms with Crippen LogP contribution in [0.25, 0.3) is 0 Å². The van der Waals surface area contributed by atoms with Gasteiger partial charge in [-0.3, -0.25) is 4.84 Å². The van der Waals surface area contributed by atoms with E-state index in [1.54, 1.807) is 0 Å². The van der Waals surface area contributed by atoms with E-state index in [4.69, 9.17) is 5.11 Å². The van der Waals surface area contributed by atoms with Gasteiger partial charge in [0, 0.05) is 0 Å². The van der Waals surface area contributed by atoms with E-state index in [2.05, 4.69) is 10.3 Å². The first kappa shape index (κ1) is 4.05. The second-order valence-electron chi connectivity index (χ2n) is 1.26. The van der Waals surface area contributed by atoms with Crippen molar-refractivity contribution in [2.75, 3.05) is 13.2 Å². The molecule has 0 aromatic rings. The molecule has 1 atom stereocenters. The summed E-state index contributed by atoms with van der Waals surface area (Å²) >= 11 is 0. The van der Waals surface area contributed by atoms with E-state index in [1.807, 2.05) is 0 Å². The average Bonchev–Trinajstić information content (AvgIpc) is 1.86. The molecule has 3 nitrogen and oxygen atoms in total. The van der Waals surface area contributed by atoms with Crippen molar-refractivity contribution < 1.29 is 9.94 Å². The molecule has 6 heavy (non-hydrogen) atoms. The van der Waals surface area contributed by atoms with E-state index in [0.29, 0.717) is 13.2 Å². The lowest BCUT2D eigenvalue weighted by atomic mass is 10.4. The Morgan fingerprint density at radius 3 is 2.83 bits per heavy atom. The van der Waals surface area contributed by atoms with Crippen molar-refractivity contribution in [3.05, 3.63) is 0 Å². The fraction of sp³-hybridized carbons (Fsp3) is 1.00. The van der Waals surface area contributed by atoms with E-state index in [0.717, 1.165) is 0 Å². The molecular formula is C3H6NO2. The number of hydrogen-bond donors (Lipinski definition) is 1. The van der Waals surface area contributed by atoms with Crippen LogP contribution in [-0.2, 0) is 4.84 Å². The topological polar surface area (TPSA) is 43.6 Å². The molecule has 1 N–H and O–H groups in total. The fourth-order valence-electron chi connectivity index (χ4n) is 0.330. The molecule has 1 radical (unpaired) electrons. The number of rotatable bonds is 0. The Balaban J connectivity index is 2.18. The molecule has 0 spiro atoms. The average molecular weight is 88.1 g/mol. The Morgan fingerprint density at radius 2 is 2.67 bits per heavy atom. The van der Waals surface area contributed by atoms with Crippen LogP contribution in [0.5, 0.6) is 0 Å². The van der Waals surface area contributed by atoms with Gasteiger partial charge < -0.3 is 5.11 Å². The maximum Gasteiger partial charge on any atom is 0.0976 e. The predicted molar refractivity (Wildman–Crippen MR) is 19.0 cm³/mol. The highest BCUT2D eigenvalue weighted by molar-refractivity contribution is 4.57. The summed E-state index contributed by atoms with van der Waals surface area (Å²) in [6.07, 6.45) is -0.343. The van der Waals surface area contributed by atoms with Gasteiger partial charge in [-0.1, -0.05) is 5.48 Å². The SMILES string of the molecule is O[C@H]1C[N]OC1. The lowest BCUT2D eigenvalue weighted by Gasteiger charge is -1.86. The van der Waals surface area contributed by atoms with Crippen LogP contribution in [-0.4, -0.2) is 24.4 Å². The smallest absolute Gasteiger partial charge is 0.0976 e. The number of aliphatic hydroxyl groups is 1. The number of hydroxylamine groups is 1. The molecule has 1 aliphatic heterocycles. The Morgan fingerprint density at radius 1 is 1.83 bits per heavy atom. The summed E-state index contributed by atoms with van der Waals surface area (Å²) in [5.41, 5.74) is 3.41. The highest BCUT2D eigenvalue weighted by Gasteiger charge is 2.11. The third kappa shape index (κ3) is 0.680. The van der Waals surface area contributed by atoms with Crippen LogP contribution >= 0.6 is 0 Å². The van der Waals surface area contributed by atoms with Gasteiger partial charge in [0.1, 0.15) is 0 Å². The molecule has 0 aliphatic carbocycles. The lowest BCUT2D eigenvalue weighted by Crippen LogP contribution is -2.09. The number of hydrogen-bond acceptors (Lipinski definition) is 2. The highest BCUT2D eigenvalue weighted by atomic mass is 16.7. The van der Waals surface area contributed by atoms with Crippen LogP contribution in [0.1, 0.15) is 0 Å². The molecule has 1 saturated heterocycles. The van der Waals surface area contributed by atoms with Gasteiger partial charge >= 0.3 is 0 Å². The maximum atomic E-state index is 8.51. The minimum Gasteiger partial charge on any atom is -0.389 e. The van der Waals surface area contributed by atoms with Crippen LogP contribution in [0.4, 0.5) is 0 Å². The third-order valence-corrected chi connectivity index (χ3v) is 0.643. The van der Waals surface area contributed by atoms with E-state index in [9.17, 15) is 0 Å². The summed E-state index contributed by atoms with van der Waals surface area (Å²) in [6.45, 7) is 0.819. The molecule has 0 aromatic carbocycles. The zero-order valence-electron chi connectivity index (χ0n) is 3.29. The molecule has 1 aliphatic rings. The molecular weight excluding hydrogens is 82.0 g/mol. The molecule has 0 bridgehead atoms. The van der Waals surface area contributed by atoms with Gasteiger partial charge in [-0.05, 0) is 0 Å². The van der Waals surface area contributed by atoms with Crippen LogP contribution in [0.2, 0.25) is 0 Å². The van der Waals surface area contributed by atoms with Crippen LogP contribution in [0.3, 0.4) is 0 Å². The Labute approximate surface area is 35.9 Å². The largest absolute Gasteiger partial charge is 0.389 e. The molecule has 0 aromatic heterocycles. The Bertz CT molecular complexity index is 42.1. The number of aliphatic hydroxyl groups excluding tert-OH is 1. The van der Waals surface area contributed by atoms with Crippen molar-refractivity contribution in [2.24, 2.45) is 0 Å². The van der Waals surface area contributed by atoms with Gasteiger partial charge in [0.05, 0.1) is 19.3 Å². The summed E-state index contributed by atoms with van der Waals surface area (Å²) in [5.74, 6) is 0. The minimum atomic E-state index is -0.343. The molecule has 3 heteroatoms. The lowest BCUT2D eigenvalue weighted by molar-refractivity contribution is 0.0734. The second kappa shape index (κ2) is 1.55. The first-order chi connectivity index (χ1) is 2.89. The minimum absolute atomic E-state index is 0.343. The summed E-state index contributed by atoms with van der Waals surface area (Å²) < 4.78 is 0. The molecule has 0 amide bonds. The van der Waals surface area contributed by atoms with Crippen molar-refractivity contribution in [1.82, 2.24) is 5.48 Å². The Hall–Kier alpha value is -0.120. The molecule has 35 valence electrons. The summed E-state index contributed by atoms with van der Waals surface area (Å²) in [6, 6.07) is 0. The zero-order chi connectivity index (χ0) is 4.41. The summed E-state index contributed by atoms with van der Waals surface area (Å²) in [5, 5.41) is 8.51. The van der Waals surface area contributed by atoms with Gasteiger partial charge in [-0.15, -0.1) is 0 Å². The molecule has 1 heterocycles. The highest BCUT2D eigenvalue weighted by Crippen LogP contribution is 1.89. The first-order valence-corrected chi connectivity index (χ1v) is 1.86. The normalized spacial score (nSPS) is 34.5. The quantitative estimate of drug-likeness (QED) is 0.408. The van der Waals surface area contributed by atoms with Crippen LogP contribution < -0.4 is 5.48 Å². The molecule has 0 unspecified atom stereocenters. The molecule has 1 rings (SSSR count). The molecule has 1 fully saturated rings. The van der Waals surface area contributed by atoms with Crippen molar-refractivity contribution in [2.45, 2.75) is 6.10 Å². The van der Waals surface area contributed by atoms with E-state index in [1.165, 1.54) is 0 Å². The first-order valence-electron chi connectivity index (χ1n) is 1.86. The zero-order valence-corrected chi connectivity index (χ0v) is 3.29. The fourth-order valence-corrected chi connectivity index (χ4v) is 0.330. The Kier molecular flexibility index (Phi) is 1.05. The van der Waals surface area contributed by atoms with E-state index >= 15 is 0 Å². The van der Waals surface area contributed by atoms with Crippen molar-refractivity contribution in [1.29, 1.82) is 0 Å². The van der Waals surface area contributed by atoms with E-state index < -0.39 is 0 Å². The monoisotopic (exact) mass is 88.0 g/mol. The number of nitrogens with zero attached hydrogens (tertiary/aromatic N) is 1. The van der Waals surface area contributed by atoms with Crippen LogP contribution in [0, 0.1) is 0 Å². The van der Waals surface area contributed by atoms with Crippen LogP contribution in [0.15, 0.2) is 0 Å². The van der Waals surface area contributed by atoms with E-state index in [-0.39, 0.29) is 6.10 Å². The maximum absolute atomic E-state index is 8.51. The van der Waals surface area contributed by atoms with Gasteiger partial charge in [0.2, 0.25) is 0 Å². The van der Waals surface area contributed by atoms with Gasteiger partial charge in [-0.25, -0.2) is 0 Å². The van der Waals surface area contributed by atoms with Crippen molar-refractivity contribution in [3.8, 4) is 0 Å². The molecule has 0 saturated carbocycles. The summed E-state index contributed by atoms with van der Waals surface area (Å²) in [4.78, 5) is 4.43. The third-order valence-electron chi connectivity index (χ3n) is 0.643. The van der Waals surface area contributed by atoms with Crippen molar-refractivity contribution >= 4 is 0 Å². The predicted octanol–water partition coefficient (Wildman–Crippen LogP) is -1.10. The second-order valence-corrected chi connectivity index (χ2v) is 1.26. The standard InChI is InChI=1S/C3H6NO2/c5-3-1-4-6-2-3/h3,5H,1-2H2/t3-/m0/s1. The van der Waals surface area contributed by atoms with Gasteiger partial charge in [-0.2, -0.15) is 0 Å². The van der Waals surface area contributed by atoms with Crippen molar-refractivity contribution in [3.63, 3.8) is 0 Å².